The average Bonchev–Trinajstić information content (AvgIpc) is 3.13. The Balaban J connectivity index is 1.56. The summed E-state index contributed by atoms with van der Waals surface area (Å²) in [5.74, 6) is 1.14. The molecule has 0 aliphatic rings. The van der Waals surface area contributed by atoms with Crippen LogP contribution >= 0.6 is 0 Å². The van der Waals surface area contributed by atoms with E-state index in [1.807, 2.05) is 41.9 Å². The van der Waals surface area contributed by atoms with Gasteiger partial charge >= 0.3 is 0 Å². The molecule has 0 aliphatic carbocycles. The lowest BCUT2D eigenvalue weighted by atomic mass is 10.2. The van der Waals surface area contributed by atoms with Gasteiger partial charge in [0, 0.05) is 17.3 Å². The number of rotatable bonds is 6. The van der Waals surface area contributed by atoms with Gasteiger partial charge in [-0.2, -0.15) is 5.10 Å². The zero-order valence-electron chi connectivity index (χ0n) is 13.7. The first-order valence-electron chi connectivity index (χ1n) is 7.74. The quantitative estimate of drug-likeness (QED) is 0.758. The molecule has 6 heteroatoms. The molecule has 6 nitrogen and oxygen atoms in total. The maximum absolute atomic E-state index is 5.69. The van der Waals surface area contributed by atoms with E-state index >= 15 is 0 Å². The summed E-state index contributed by atoms with van der Waals surface area (Å²) in [6.07, 6.45) is 0. The third-order valence-corrected chi connectivity index (χ3v) is 3.64. The zero-order valence-corrected chi connectivity index (χ0v) is 13.7. The number of aryl methyl sites for hydroxylation is 2. The predicted molar refractivity (Wildman–Crippen MR) is 87.7 cm³/mol. The van der Waals surface area contributed by atoms with Crippen molar-refractivity contribution in [3.8, 4) is 11.5 Å². The Morgan fingerprint density at radius 1 is 1.17 bits per heavy atom. The standard InChI is InChI=1S/C17H21N5O/c1-12-9-14(3)22(21-12)11-13(2)18-10-16-19-20-17(23-16)15-7-5-4-6-8-15/h4-9,13,18H,10-11H2,1-3H3/t13-/m1/s1. The summed E-state index contributed by atoms with van der Waals surface area (Å²) in [6.45, 7) is 7.53. The van der Waals surface area contributed by atoms with E-state index in [4.69, 9.17) is 4.42 Å². The van der Waals surface area contributed by atoms with Crippen LogP contribution in [0.4, 0.5) is 0 Å². The molecular formula is C17H21N5O. The molecule has 2 heterocycles. The van der Waals surface area contributed by atoms with Gasteiger partial charge in [0.2, 0.25) is 11.8 Å². The van der Waals surface area contributed by atoms with Crippen LogP contribution in [-0.2, 0) is 13.1 Å². The van der Waals surface area contributed by atoms with Gasteiger partial charge in [-0.05, 0) is 39.0 Å². The molecule has 23 heavy (non-hydrogen) atoms. The Labute approximate surface area is 135 Å². The Kier molecular flexibility index (Phi) is 4.52. The second-order valence-electron chi connectivity index (χ2n) is 5.76. The number of benzene rings is 1. The van der Waals surface area contributed by atoms with Crippen molar-refractivity contribution < 1.29 is 4.42 Å². The molecular weight excluding hydrogens is 290 g/mol. The summed E-state index contributed by atoms with van der Waals surface area (Å²) < 4.78 is 7.70. The third kappa shape index (κ3) is 3.84. The van der Waals surface area contributed by atoms with Crippen LogP contribution in [0.2, 0.25) is 0 Å². The van der Waals surface area contributed by atoms with Crippen molar-refractivity contribution in [2.24, 2.45) is 0 Å². The van der Waals surface area contributed by atoms with Gasteiger partial charge in [0.25, 0.3) is 0 Å². The fourth-order valence-corrected chi connectivity index (χ4v) is 2.47. The molecule has 120 valence electrons. The lowest BCUT2D eigenvalue weighted by molar-refractivity contribution is 0.407. The SMILES string of the molecule is Cc1cc(C)n(C[C@@H](C)NCc2nnc(-c3ccccc3)o2)n1. The maximum atomic E-state index is 5.69. The number of nitrogens with one attached hydrogen (secondary N) is 1. The molecule has 0 aliphatic heterocycles. The van der Waals surface area contributed by atoms with Crippen LogP contribution in [0, 0.1) is 13.8 Å². The van der Waals surface area contributed by atoms with Gasteiger partial charge in [-0.1, -0.05) is 18.2 Å². The molecule has 0 saturated carbocycles. The predicted octanol–water partition coefficient (Wildman–Crippen LogP) is 2.73. The smallest absolute Gasteiger partial charge is 0.247 e. The van der Waals surface area contributed by atoms with Crippen LogP contribution < -0.4 is 5.32 Å². The zero-order chi connectivity index (χ0) is 16.2. The fraction of sp³-hybridized carbons (Fsp3) is 0.353. The van der Waals surface area contributed by atoms with E-state index in [1.54, 1.807) is 0 Å². The van der Waals surface area contributed by atoms with Crippen molar-refractivity contribution in [3.05, 3.63) is 53.7 Å². The van der Waals surface area contributed by atoms with Gasteiger partial charge in [-0.25, -0.2) is 0 Å². The van der Waals surface area contributed by atoms with Gasteiger partial charge < -0.3 is 9.73 Å². The molecule has 0 fully saturated rings. The largest absolute Gasteiger partial charge is 0.419 e. The minimum atomic E-state index is 0.250. The van der Waals surface area contributed by atoms with Crippen LogP contribution in [0.3, 0.4) is 0 Å². The summed E-state index contributed by atoms with van der Waals surface area (Å²) in [5.41, 5.74) is 3.14. The van der Waals surface area contributed by atoms with Gasteiger partial charge in [0.15, 0.2) is 0 Å². The van der Waals surface area contributed by atoms with Gasteiger partial charge in [-0.15, -0.1) is 10.2 Å². The van der Waals surface area contributed by atoms with Crippen LogP contribution in [0.5, 0.6) is 0 Å². The molecule has 0 saturated heterocycles. The van der Waals surface area contributed by atoms with E-state index in [2.05, 4.69) is 40.5 Å². The molecule has 1 N–H and O–H groups in total. The first-order chi connectivity index (χ1) is 11.1. The lowest BCUT2D eigenvalue weighted by Gasteiger charge is -2.13. The normalized spacial score (nSPS) is 12.5. The summed E-state index contributed by atoms with van der Waals surface area (Å²) in [7, 11) is 0. The molecule has 2 aromatic heterocycles. The van der Waals surface area contributed by atoms with E-state index in [9.17, 15) is 0 Å². The molecule has 0 bridgehead atoms. The van der Waals surface area contributed by atoms with Gasteiger partial charge in [0.1, 0.15) is 0 Å². The van der Waals surface area contributed by atoms with Gasteiger partial charge in [-0.3, -0.25) is 4.68 Å². The molecule has 3 rings (SSSR count). The maximum Gasteiger partial charge on any atom is 0.247 e. The van der Waals surface area contributed by atoms with Crippen LogP contribution in [-0.4, -0.2) is 26.0 Å². The van der Waals surface area contributed by atoms with Crippen molar-refractivity contribution in [2.45, 2.75) is 39.9 Å². The Morgan fingerprint density at radius 2 is 1.96 bits per heavy atom. The highest BCUT2D eigenvalue weighted by Gasteiger charge is 2.11. The second-order valence-corrected chi connectivity index (χ2v) is 5.76. The van der Waals surface area contributed by atoms with E-state index in [-0.39, 0.29) is 6.04 Å². The average molecular weight is 311 g/mol. The minimum Gasteiger partial charge on any atom is -0.419 e. The van der Waals surface area contributed by atoms with Crippen LogP contribution in [0.1, 0.15) is 24.2 Å². The molecule has 0 amide bonds. The molecule has 1 aromatic carbocycles. The Bertz CT molecular complexity index is 762. The minimum absolute atomic E-state index is 0.250. The van der Waals surface area contributed by atoms with Crippen molar-refractivity contribution >= 4 is 0 Å². The highest BCUT2D eigenvalue weighted by Crippen LogP contribution is 2.16. The fourth-order valence-electron chi connectivity index (χ4n) is 2.47. The first-order valence-corrected chi connectivity index (χ1v) is 7.74. The van der Waals surface area contributed by atoms with Crippen molar-refractivity contribution in [3.63, 3.8) is 0 Å². The van der Waals surface area contributed by atoms with E-state index in [0.29, 0.717) is 18.3 Å². The third-order valence-electron chi connectivity index (χ3n) is 3.64. The number of aromatic nitrogens is 4. The second kappa shape index (κ2) is 6.75. The summed E-state index contributed by atoms with van der Waals surface area (Å²) in [4.78, 5) is 0. The van der Waals surface area contributed by atoms with Crippen LogP contribution in [0.15, 0.2) is 40.8 Å². The Morgan fingerprint density at radius 3 is 2.65 bits per heavy atom. The highest BCUT2D eigenvalue weighted by atomic mass is 16.4. The van der Waals surface area contributed by atoms with Crippen molar-refractivity contribution in [1.29, 1.82) is 0 Å². The van der Waals surface area contributed by atoms with E-state index in [1.165, 1.54) is 5.69 Å². The number of nitrogens with zero attached hydrogens (tertiary/aromatic N) is 4. The topological polar surface area (TPSA) is 68.8 Å². The van der Waals surface area contributed by atoms with Crippen molar-refractivity contribution in [1.82, 2.24) is 25.3 Å². The molecule has 3 aromatic rings. The van der Waals surface area contributed by atoms with E-state index < -0.39 is 0 Å². The van der Waals surface area contributed by atoms with E-state index in [0.717, 1.165) is 17.8 Å². The first kappa shape index (κ1) is 15.4. The molecule has 0 unspecified atom stereocenters. The summed E-state index contributed by atoms with van der Waals surface area (Å²) in [5, 5.41) is 16.0. The number of hydrogen-bond donors (Lipinski definition) is 1. The summed E-state index contributed by atoms with van der Waals surface area (Å²) in [6, 6.07) is 12.1. The Hall–Kier alpha value is -2.47. The monoisotopic (exact) mass is 311 g/mol. The highest BCUT2D eigenvalue weighted by molar-refractivity contribution is 5.51. The molecule has 0 radical (unpaired) electrons. The van der Waals surface area contributed by atoms with Gasteiger partial charge in [0.05, 0.1) is 18.8 Å². The number of hydrogen-bond acceptors (Lipinski definition) is 5. The summed E-state index contributed by atoms with van der Waals surface area (Å²) >= 11 is 0. The lowest BCUT2D eigenvalue weighted by Crippen LogP contribution is -2.30. The van der Waals surface area contributed by atoms with Crippen LogP contribution in [0.25, 0.3) is 11.5 Å². The van der Waals surface area contributed by atoms with Crippen molar-refractivity contribution in [2.75, 3.05) is 0 Å². The molecule has 0 spiro atoms. The molecule has 1 atom stereocenters.